The Morgan fingerprint density at radius 2 is 1.52 bits per heavy atom. The average molecular weight is 366 g/mol. The van der Waals surface area contributed by atoms with Crippen LogP contribution in [0, 0.1) is 0 Å². The first kappa shape index (κ1) is 15.5. The molecule has 23 heavy (non-hydrogen) atoms. The molecule has 3 aromatic rings. The van der Waals surface area contributed by atoms with Crippen molar-refractivity contribution in [3.63, 3.8) is 0 Å². The fourth-order valence-electron chi connectivity index (χ4n) is 2.12. The van der Waals surface area contributed by atoms with E-state index in [0.717, 1.165) is 27.0 Å². The zero-order chi connectivity index (χ0) is 15.9. The highest BCUT2D eigenvalue weighted by Crippen LogP contribution is 2.20. The Bertz CT molecular complexity index is 782. The number of hydrogen-bond acceptors (Lipinski definition) is 2. The fourth-order valence-corrected chi connectivity index (χ4v) is 2.38. The normalized spacial score (nSPS) is 10.8. The van der Waals surface area contributed by atoms with E-state index in [1.54, 1.807) is 0 Å². The van der Waals surface area contributed by atoms with Crippen LogP contribution in [0.3, 0.4) is 0 Å². The monoisotopic (exact) mass is 365 g/mol. The Kier molecular flexibility index (Phi) is 5.22. The van der Waals surface area contributed by atoms with Gasteiger partial charge in [-0.2, -0.15) is 0 Å². The van der Waals surface area contributed by atoms with E-state index in [1.165, 1.54) is 0 Å². The quantitative estimate of drug-likeness (QED) is 0.525. The Morgan fingerprint density at radius 1 is 0.826 bits per heavy atom. The predicted molar refractivity (Wildman–Crippen MR) is 98.6 cm³/mol. The SMILES string of the molecule is Brc1ccc(COc2ccccc2C=Nc2ccccc2)cc1. The molecule has 0 amide bonds. The Hall–Kier alpha value is -2.39. The summed E-state index contributed by atoms with van der Waals surface area (Å²) in [6.45, 7) is 0.531. The molecule has 3 rings (SSSR count). The molecule has 0 unspecified atom stereocenters. The zero-order valence-electron chi connectivity index (χ0n) is 12.5. The molecule has 0 radical (unpaired) electrons. The summed E-state index contributed by atoms with van der Waals surface area (Å²) in [6, 6.07) is 25.9. The number of ether oxygens (including phenoxy) is 1. The minimum Gasteiger partial charge on any atom is -0.488 e. The molecule has 0 atom stereocenters. The highest BCUT2D eigenvalue weighted by atomic mass is 79.9. The largest absolute Gasteiger partial charge is 0.488 e. The Labute approximate surface area is 144 Å². The van der Waals surface area contributed by atoms with Crippen LogP contribution in [0.15, 0.2) is 88.3 Å². The molecule has 2 nitrogen and oxygen atoms in total. The molecule has 0 bridgehead atoms. The summed E-state index contributed by atoms with van der Waals surface area (Å²) >= 11 is 3.44. The molecule has 0 aliphatic carbocycles. The smallest absolute Gasteiger partial charge is 0.128 e. The number of nitrogens with zero attached hydrogens (tertiary/aromatic N) is 1. The lowest BCUT2D eigenvalue weighted by Gasteiger charge is -2.09. The first-order valence-electron chi connectivity index (χ1n) is 7.37. The maximum absolute atomic E-state index is 5.94. The van der Waals surface area contributed by atoms with Gasteiger partial charge < -0.3 is 4.74 Å². The van der Waals surface area contributed by atoms with E-state index in [9.17, 15) is 0 Å². The van der Waals surface area contributed by atoms with Crippen molar-refractivity contribution in [2.75, 3.05) is 0 Å². The van der Waals surface area contributed by atoms with E-state index in [-0.39, 0.29) is 0 Å². The van der Waals surface area contributed by atoms with Crippen LogP contribution in [0.4, 0.5) is 5.69 Å². The molecule has 0 N–H and O–H groups in total. The van der Waals surface area contributed by atoms with E-state index in [4.69, 9.17) is 4.74 Å². The van der Waals surface area contributed by atoms with Crippen molar-refractivity contribution < 1.29 is 4.74 Å². The number of hydrogen-bond donors (Lipinski definition) is 0. The van der Waals surface area contributed by atoms with Crippen LogP contribution in [0.1, 0.15) is 11.1 Å². The molecule has 0 spiro atoms. The summed E-state index contributed by atoms with van der Waals surface area (Å²) in [5.41, 5.74) is 3.02. The molecule has 0 aromatic heterocycles. The highest BCUT2D eigenvalue weighted by Gasteiger charge is 2.01. The van der Waals surface area contributed by atoms with Crippen molar-refractivity contribution in [3.8, 4) is 5.75 Å². The van der Waals surface area contributed by atoms with E-state index < -0.39 is 0 Å². The minimum atomic E-state index is 0.531. The van der Waals surface area contributed by atoms with Crippen LogP contribution in [-0.4, -0.2) is 6.21 Å². The molecule has 0 aliphatic heterocycles. The van der Waals surface area contributed by atoms with E-state index in [2.05, 4.69) is 20.9 Å². The summed E-state index contributed by atoms with van der Waals surface area (Å²) in [4.78, 5) is 4.49. The summed E-state index contributed by atoms with van der Waals surface area (Å²) in [7, 11) is 0. The van der Waals surface area contributed by atoms with E-state index in [1.807, 2.05) is 85.1 Å². The number of rotatable bonds is 5. The second kappa shape index (κ2) is 7.75. The van der Waals surface area contributed by atoms with E-state index in [0.29, 0.717) is 6.61 Å². The molecule has 0 saturated carbocycles. The third-order valence-electron chi connectivity index (χ3n) is 3.34. The fraction of sp³-hybridized carbons (Fsp3) is 0.0500. The van der Waals surface area contributed by atoms with Gasteiger partial charge in [-0.25, -0.2) is 0 Å². The van der Waals surface area contributed by atoms with Crippen molar-refractivity contribution in [1.29, 1.82) is 0 Å². The van der Waals surface area contributed by atoms with Crippen LogP contribution >= 0.6 is 15.9 Å². The number of benzene rings is 3. The van der Waals surface area contributed by atoms with Gasteiger partial charge in [-0.15, -0.1) is 0 Å². The summed E-state index contributed by atoms with van der Waals surface area (Å²) in [6.07, 6.45) is 1.84. The molecule has 0 fully saturated rings. The van der Waals surface area contributed by atoms with Gasteiger partial charge in [-0.1, -0.05) is 58.4 Å². The molecule has 0 aliphatic rings. The molecular formula is C20H16BrNO. The Balaban J connectivity index is 1.73. The van der Waals surface area contributed by atoms with Gasteiger partial charge in [0.1, 0.15) is 12.4 Å². The average Bonchev–Trinajstić information content (AvgIpc) is 2.61. The summed E-state index contributed by atoms with van der Waals surface area (Å²) < 4.78 is 7.01. The zero-order valence-corrected chi connectivity index (χ0v) is 14.1. The summed E-state index contributed by atoms with van der Waals surface area (Å²) in [5, 5.41) is 0. The van der Waals surface area contributed by atoms with Crippen LogP contribution < -0.4 is 4.74 Å². The van der Waals surface area contributed by atoms with Crippen LogP contribution in [-0.2, 0) is 6.61 Å². The lowest BCUT2D eigenvalue weighted by atomic mass is 10.2. The second-order valence-corrected chi connectivity index (χ2v) is 5.96. The predicted octanol–water partition coefficient (Wildman–Crippen LogP) is 5.78. The van der Waals surface area contributed by atoms with E-state index >= 15 is 0 Å². The molecular weight excluding hydrogens is 350 g/mol. The molecule has 0 heterocycles. The highest BCUT2D eigenvalue weighted by molar-refractivity contribution is 9.10. The van der Waals surface area contributed by atoms with Gasteiger partial charge in [0.05, 0.1) is 5.69 Å². The second-order valence-electron chi connectivity index (χ2n) is 5.05. The third-order valence-corrected chi connectivity index (χ3v) is 3.86. The Morgan fingerprint density at radius 3 is 2.30 bits per heavy atom. The standard InChI is InChI=1S/C20H16BrNO/c21-18-12-10-16(11-13-18)15-23-20-9-5-4-6-17(20)14-22-19-7-2-1-3-8-19/h1-14H,15H2. The van der Waals surface area contributed by atoms with Gasteiger partial charge in [0.2, 0.25) is 0 Å². The molecule has 3 aromatic carbocycles. The molecule has 114 valence electrons. The minimum absolute atomic E-state index is 0.531. The maximum atomic E-state index is 5.94. The lowest BCUT2D eigenvalue weighted by molar-refractivity contribution is 0.306. The van der Waals surface area contributed by atoms with Crippen molar-refractivity contribution in [1.82, 2.24) is 0 Å². The first-order valence-corrected chi connectivity index (χ1v) is 8.16. The maximum Gasteiger partial charge on any atom is 0.128 e. The van der Waals surface area contributed by atoms with Crippen molar-refractivity contribution in [2.24, 2.45) is 4.99 Å². The van der Waals surface area contributed by atoms with Gasteiger partial charge in [0.15, 0.2) is 0 Å². The number of halogens is 1. The van der Waals surface area contributed by atoms with Crippen molar-refractivity contribution in [3.05, 3.63) is 94.5 Å². The van der Waals surface area contributed by atoms with Gasteiger partial charge in [-0.3, -0.25) is 4.99 Å². The summed E-state index contributed by atoms with van der Waals surface area (Å²) in [5.74, 6) is 0.829. The number of aliphatic imine (C=N–C) groups is 1. The van der Waals surface area contributed by atoms with Crippen molar-refractivity contribution >= 4 is 27.8 Å². The van der Waals surface area contributed by atoms with Crippen LogP contribution in [0.2, 0.25) is 0 Å². The number of para-hydroxylation sites is 2. The van der Waals surface area contributed by atoms with Gasteiger partial charge in [-0.05, 0) is 42.0 Å². The van der Waals surface area contributed by atoms with Crippen LogP contribution in [0.25, 0.3) is 0 Å². The lowest BCUT2D eigenvalue weighted by Crippen LogP contribution is -1.98. The van der Waals surface area contributed by atoms with Gasteiger partial charge >= 0.3 is 0 Å². The molecule has 3 heteroatoms. The van der Waals surface area contributed by atoms with Crippen LogP contribution in [0.5, 0.6) is 5.75 Å². The molecule has 0 saturated heterocycles. The third kappa shape index (κ3) is 4.54. The van der Waals surface area contributed by atoms with Crippen molar-refractivity contribution in [2.45, 2.75) is 6.61 Å². The van der Waals surface area contributed by atoms with Gasteiger partial charge in [0, 0.05) is 16.3 Å². The topological polar surface area (TPSA) is 21.6 Å². The van der Waals surface area contributed by atoms with Gasteiger partial charge in [0.25, 0.3) is 0 Å². The first-order chi connectivity index (χ1) is 11.3.